The van der Waals surface area contributed by atoms with E-state index in [1.807, 2.05) is 30.0 Å². The number of nitrogens with zero attached hydrogens (tertiary/aromatic N) is 4. The van der Waals surface area contributed by atoms with Gasteiger partial charge in [-0.05, 0) is 38.7 Å². The first-order valence-corrected chi connectivity index (χ1v) is 11.8. The van der Waals surface area contributed by atoms with E-state index >= 15 is 0 Å². The molecule has 4 rings (SSSR count). The van der Waals surface area contributed by atoms with Crippen LogP contribution in [0.15, 0.2) is 6.07 Å². The molecule has 0 spiro atoms. The summed E-state index contributed by atoms with van der Waals surface area (Å²) in [6, 6.07) is 2.02. The van der Waals surface area contributed by atoms with E-state index in [-0.39, 0.29) is 5.91 Å². The van der Waals surface area contributed by atoms with Crippen molar-refractivity contribution >= 4 is 43.2 Å². The Morgan fingerprint density at radius 2 is 1.89 bits per heavy atom. The Kier molecular flexibility index (Phi) is 5.92. The molecule has 2 aromatic heterocycles. The van der Waals surface area contributed by atoms with Crippen LogP contribution in [0.25, 0.3) is 9.53 Å². The summed E-state index contributed by atoms with van der Waals surface area (Å²) in [6.07, 6.45) is 2.82. The fourth-order valence-electron chi connectivity index (χ4n) is 4.29. The van der Waals surface area contributed by atoms with Crippen molar-refractivity contribution in [2.75, 3.05) is 51.7 Å². The minimum Gasteiger partial charge on any atom is -0.373 e. The lowest BCUT2D eigenvalue weighted by atomic mass is 9.95. The molecule has 0 aliphatic carbocycles. The summed E-state index contributed by atoms with van der Waals surface area (Å²) in [7, 11) is 3.99. The minimum atomic E-state index is 0.175. The molecule has 2 unspecified atom stereocenters. The number of carbonyl (C=O) groups excluding carboxylic acids is 1. The van der Waals surface area contributed by atoms with E-state index in [2.05, 4.69) is 23.7 Å². The molecular weight excluding hydrogens is 392 g/mol. The third-order valence-corrected chi connectivity index (χ3v) is 7.90. The van der Waals surface area contributed by atoms with Crippen molar-refractivity contribution in [1.82, 2.24) is 14.8 Å². The molecule has 28 heavy (non-hydrogen) atoms. The van der Waals surface area contributed by atoms with Gasteiger partial charge in [-0.1, -0.05) is 11.3 Å². The first-order valence-electron chi connectivity index (χ1n) is 10.1. The molecule has 2 atom stereocenters. The van der Waals surface area contributed by atoms with E-state index in [0.29, 0.717) is 18.1 Å². The lowest BCUT2D eigenvalue weighted by Gasteiger charge is -2.39. The lowest BCUT2D eigenvalue weighted by molar-refractivity contribution is -0.0728. The number of rotatable bonds is 4. The number of likely N-dealkylation sites (tertiary alicyclic amines) is 1. The Morgan fingerprint density at radius 3 is 2.50 bits per heavy atom. The number of morpholine rings is 1. The van der Waals surface area contributed by atoms with Gasteiger partial charge >= 0.3 is 0 Å². The van der Waals surface area contributed by atoms with Crippen LogP contribution >= 0.6 is 22.7 Å². The summed E-state index contributed by atoms with van der Waals surface area (Å²) in [5, 5.41) is 0.993. The van der Waals surface area contributed by atoms with Gasteiger partial charge in [-0.25, -0.2) is 4.98 Å². The summed E-state index contributed by atoms with van der Waals surface area (Å²) in [5.74, 6) is 0.853. The molecule has 1 amide bonds. The van der Waals surface area contributed by atoms with Gasteiger partial charge in [0.05, 0.1) is 21.8 Å². The van der Waals surface area contributed by atoms with Crippen LogP contribution in [0.1, 0.15) is 36.4 Å². The molecule has 4 heterocycles. The zero-order valence-electron chi connectivity index (χ0n) is 17.2. The molecule has 2 aliphatic heterocycles. The summed E-state index contributed by atoms with van der Waals surface area (Å²) < 4.78 is 6.95. The van der Waals surface area contributed by atoms with E-state index in [9.17, 15) is 4.79 Å². The van der Waals surface area contributed by atoms with Crippen LogP contribution in [0.4, 0.5) is 5.13 Å². The van der Waals surface area contributed by atoms with E-state index in [0.717, 1.165) is 65.1 Å². The van der Waals surface area contributed by atoms with Crippen LogP contribution in [0.2, 0.25) is 0 Å². The molecule has 0 N–H and O–H groups in total. The number of fused-ring (bicyclic) bond motifs is 1. The fourth-order valence-corrected chi connectivity index (χ4v) is 6.39. The van der Waals surface area contributed by atoms with E-state index < -0.39 is 0 Å². The smallest absolute Gasteiger partial charge is 0.264 e. The molecule has 6 nitrogen and oxygen atoms in total. The number of piperidine rings is 1. The van der Waals surface area contributed by atoms with Gasteiger partial charge in [0.25, 0.3) is 5.91 Å². The number of carbonyl (C=O) groups is 1. The van der Waals surface area contributed by atoms with E-state index in [4.69, 9.17) is 4.74 Å². The van der Waals surface area contributed by atoms with E-state index in [1.165, 1.54) is 11.3 Å². The molecule has 2 aromatic rings. The molecule has 8 heteroatoms. The Hall–Kier alpha value is -1.22. The summed E-state index contributed by atoms with van der Waals surface area (Å²) >= 11 is 3.18. The van der Waals surface area contributed by atoms with Gasteiger partial charge in [-0.3, -0.25) is 9.69 Å². The second kappa shape index (κ2) is 8.26. The Bertz CT molecular complexity index is 784. The zero-order valence-corrected chi connectivity index (χ0v) is 18.8. The summed E-state index contributed by atoms with van der Waals surface area (Å²) in [5.41, 5.74) is 0. The van der Waals surface area contributed by atoms with Gasteiger partial charge in [0, 0.05) is 46.8 Å². The fraction of sp³-hybridized carbons (Fsp3) is 0.700. The van der Waals surface area contributed by atoms with Crippen LogP contribution in [-0.2, 0) is 4.74 Å². The number of thiazole rings is 1. The van der Waals surface area contributed by atoms with Crippen LogP contribution in [0.3, 0.4) is 0 Å². The van der Waals surface area contributed by atoms with Crippen LogP contribution in [0.5, 0.6) is 0 Å². The number of thiophene rings is 1. The molecule has 2 aliphatic rings. The maximum atomic E-state index is 12.9. The number of amides is 1. The molecule has 154 valence electrons. The first-order chi connectivity index (χ1) is 13.4. The van der Waals surface area contributed by atoms with Crippen molar-refractivity contribution in [3.05, 3.63) is 10.9 Å². The van der Waals surface area contributed by atoms with Crippen LogP contribution in [0, 0.1) is 5.92 Å². The normalized spacial score (nSPS) is 24.8. The molecular formula is C20H30N4O2S2. The van der Waals surface area contributed by atoms with Crippen molar-refractivity contribution in [3.63, 3.8) is 0 Å². The average molecular weight is 423 g/mol. The van der Waals surface area contributed by atoms with Gasteiger partial charge < -0.3 is 14.5 Å². The highest BCUT2D eigenvalue weighted by atomic mass is 32.1. The highest BCUT2D eigenvalue weighted by Crippen LogP contribution is 2.35. The second-order valence-electron chi connectivity index (χ2n) is 8.38. The molecule has 0 saturated carbocycles. The first kappa shape index (κ1) is 20.1. The minimum absolute atomic E-state index is 0.175. The predicted molar refractivity (Wildman–Crippen MR) is 117 cm³/mol. The molecule has 2 fully saturated rings. The topological polar surface area (TPSA) is 48.9 Å². The number of anilines is 1. The van der Waals surface area contributed by atoms with Gasteiger partial charge in [0.15, 0.2) is 5.13 Å². The molecule has 2 saturated heterocycles. The standard InChI is InChI=1S/C20H30N4O2S2/c1-13-10-23(11-14(2)26-13)12-15-5-7-24(8-6-15)19(25)17-9-16-18(27-17)21-20(28-16)22(3)4/h9,13-15H,5-8,10-12H2,1-4H3. The van der Waals surface area contributed by atoms with Crippen molar-refractivity contribution in [1.29, 1.82) is 0 Å². The Labute approximate surface area is 175 Å². The Balaban J connectivity index is 1.32. The highest BCUT2D eigenvalue weighted by Gasteiger charge is 2.29. The molecule has 0 bridgehead atoms. The lowest BCUT2D eigenvalue weighted by Crippen LogP contribution is -2.48. The van der Waals surface area contributed by atoms with Crippen molar-refractivity contribution < 1.29 is 9.53 Å². The summed E-state index contributed by atoms with van der Waals surface area (Å²) in [4.78, 5) is 26.0. The number of hydrogen-bond acceptors (Lipinski definition) is 7. The van der Waals surface area contributed by atoms with Crippen LogP contribution in [-0.4, -0.2) is 79.7 Å². The van der Waals surface area contributed by atoms with Gasteiger partial charge in [-0.2, -0.15) is 0 Å². The average Bonchev–Trinajstić information content (AvgIpc) is 3.20. The van der Waals surface area contributed by atoms with Crippen LogP contribution < -0.4 is 4.90 Å². The van der Waals surface area contributed by atoms with Gasteiger partial charge in [0.1, 0.15) is 4.83 Å². The third kappa shape index (κ3) is 4.35. The van der Waals surface area contributed by atoms with Crippen molar-refractivity contribution in [2.24, 2.45) is 5.92 Å². The SMILES string of the molecule is CC1CN(CC2CCN(C(=O)c3cc4sc(N(C)C)nc4s3)CC2)CC(C)O1. The number of ether oxygens (including phenoxy) is 1. The van der Waals surface area contributed by atoms with Crippen molar-refractivity contribution in [3.8, 4) is 0 Å². The van der Waals surface area contributed by atoms with E-state index in [1.54, 1.807) is 11.3 Å². The monoisotopic (exact) mass is 422 g/mol. The number of hydrogen-bond donors (Lipinski definition) is 0. The molecule has 0 radical (unpaired) electrons. The van der Waals surface area contributed by atoms with Gasteiger partial charge in [-0.15, -0.1) is 11.3 Å². The maximum Gasteiger partial charge on any atom is 0.264 e. The second-order valence-corrected chi connectivity index (χ2v) is 10.4. The van der Waals surface area contributed by atoms with Crippen molar-refractivity contribution in [2.45, 2.75) is 38.9 Å². The largest absolute Gasteiger partial charge is 0.373 e. The summed E-state index contributed by atoms with van der Waals surface area (Å²) in [6.45, 7) is 9.22. The molecule has 0 aromatic carbocycles. The number of aromatic nitrogens is 1. The highest BCUT2D eigenvalue weighted by molar-refractivity contribution is 7.29. The van der Waals surface area contributed by atoms with Gasteiger partial charge in [0.2, 0.25) is 0 Å². The Morgan fingerprint density at radius 1 is 1.21 bits per heavy atom. The maximum absolute atomic E-state index is 12.9. The third-order valence-electron chi connectivity index (χ3n) is 5.58. The zero-order chi connectivity index (χ0) is 19.8. The predicted octanol–water partition coefficient (Wildman–Crippen LogP) is 3.39. The quantitative estimate of drug-likeness (QED) is 0.756.